The molecule has 3 aromatic rings. The molecular formula is C33H43ClN4O. The number of hydrogen-bond acceptors (Lipinski definition) is 3. The van der Waals surface area contributed by atoms with Crippen LogP contribution in [0.1, 0.15) is 83.1 Å². The zero-order valence-corrected chi connectivity index (χ0v) is 24.8. The number of hydrogen-bond donors (Lipinski definition) is 0. The van der Waals surface area contributed by atoms with Crippen LogP contribution in [0.3, 0.4) is 0 Å². The van der Waals surface area contributed by atoms with Gasteiger partial charge in [-0.2, -0.15) is 0 Å². The number of halogens is 1. The van der Waals surface area contributed by atoms with Crippen molar-refractivity contribution >= 4 is 28.5 Å². The fraction of sp³-hybridized carbons (Fsp3) is 0.576. The summed E-state index contributed by atoms with van der Waals surface area (Å²) in [5.74, 6) is 1.41. The second-order valence-electron chi connectivity index (χ2n) is 13.3. The summed E-state index contributed by atoms with van der Waals surface area (Å²) in [6.45, 7) is 11.0. The second-order valence-corrected chi connectivity index (χ2v) is 13.8. The number of piperidine rings is 2. The van der Waals surface area contributed by atoms with Crippen molar-refractivity contribution in [3.63, 3.8) is 0 Å². The maximum atomic E-state index is 13.0. The van der Waals surface area contributed by atoms with Gasteiger partial charge in [-0.3, -0.25) is 9.69 Å². The van der Waals surface area contributed by atoms with Crippen molar-refractivity contribution in [2.45, 2.75) is 96.2 Å². The highest BCUT2D eigenvalue weighted by Crippen LogP contribution is 2.45. The lowest BCUT2D eigenvalue weighted by Crippen LogP contribution is -2.50. The van der Waals surface area contributed by atoms with E-state index in [0.29, 0.717) is 18.1 Å². The monoisotopic (exact) mass is 546 g/mol. The molecule has 3 aliphatic heterocycles. The number of para-hydroxylation sites is 2. The molecule has 208 valence electrons. The molecular weight excluding hydrogens is 504 g/mol. The molecule has 1 aromatic heterocycles. The number of amides is 1. The van der Waals surface area contributed by atoms with Crippen LogP contribution in [0.2, 0.25) is 5.02 Å². The van der Waals surface area contributed by atoms with Gasteiger partial charge in [-0.05, 0) is 93.7 Å². The Balaban J connectivity index is 1.19. The molecule has 6 heteroatoms. The molecule has 2 aromatic carbocycles. The Kier molecular flexibility index (Phi) is 7.04. The zero-order chi connectivity index (χ0) is 27.4. The highest BCUT2D eigenvalue weighted by molar-refractivity contribution is 6.30. The van der Waals surface area contributed by atoms with Gasteiger partial charge in [0, 0.05) is 41.7 Å². The lowest BCUT2D eigenvalue weighted by Gasteiger charge is -2.46. The highest BCUT2D eigenvalue weighted by Gasteiger charge is 2.44. The number of carbonyl (C=O) groups excluding carboxylic acids is 1. The third-order valence-electron chi connectivity index (χ3n) is 9.93. The standard InChI is InChI=1S/C33H43ClN4O/c1-23-35-29-10-5-6-11-30(29)38(23)28-21-26-12-13-27(22-28)37(26)19-16-33(24-8-7-9-25(34)20-24)14-17-36(18-15-33)31(39)32(2,3)4/h5-11,20,26-28H,12-19,21-22H2,1-4H3/t26-,27+,28+. The van der Waals surface area contributed by atoms with Crippen LogP contribution in [0, 0.1) is 12.3 Å². The smallest absolute Gasteiger partial charge is 0.227 e. The van der Waals surface area contributed by atoms with Crippen LogP contribution in [-0.4, -0.2) is 57.0 Å². The Morgan fingerprint density at radius 3 is 2.36 bits per heavy atom. The van der Waals surface area contributed by atoms with Gasteiger partial charge in [0.15, 0.2) is 0 Å². The fourth-order valence-electron chi connectivity index (χ4n) is 7.90. The molecule has 39 heavy (non-hydrogen) atoms. The average molecular weight is 547 g/mol. The van der Waals surface area contributed by atoms with Gasteiger partial charge in [0.05, 0.1) is 11.0 Å². The van der Waals surface area contributed by atoms with Crippen molar-refractivity contribution in [3.8, 4) is 0 Å². The minimum absolute atomic E-state index is 0.0625. The molecule has 2 bridgehead atoms. The average Bonchev–Trinajstić information content (AvgIpc) is 3.37. The van der Waals surface area contributed by atoms with Gasteiger partial charge in [-0.15, -0.1) is 0 Å². The summed E-state index contributed by atoms with van der Waals surface area (Å²) in [4.78, 5) is 22.8. The van der Waals surface area contributed by atoms with E-state index in [0.717, 1.165) is 55.3 Å². The molecule has 0 spiro atoms. The third-order valence-corrected chi connectivity index (χ3v) is 10.2. The van der Waals surface area contributed by atoms with E-state index in [9.17, 15) is 4.79 Å². The molecule has 3 fully saturated rings. The first kappa shape index (κ1) is 26.8. The molecule has 0 N–H and O–H groups in total. The molecule has 0 unspecified atom stereocenters. The van der Waals surface area contributed by atoms with Gasteiger partial charge < -0.3 is 9.47 Å². The summed E-state index contributed by atoms with van der Waals surface area (Å²) in [7, 11) is 0. The first-order valence-corrected chi connectivity index (χ1v) is 15.3. The predicted octanol–water partition coefficient (Wildman–Crippen LogP) is 7.16. The van der Waals surface area contributed by atoms with Crippen molar-refractivity contribution < 1.29 is 4.79 Å². The van der Waals surface area contributed by atoms with Gasteiger partial charge in [0.1, 0.15) is 5.82 Å². The molecule has 3 saturated heterocycles. The van der Waals surface area contributed by atoms with Crippen LogP contribution in [-0.2, 0) is 10.2 Å². The van der Waals surface area contributed by atoms with Crippen LogP contribution in [0.5, 0.6) is 0 Å². The van der Waals surface area contributed by atoms with E-state index in [-0.39, 0.29) is 16.7 Å². The van der Waals surface area contributed by atoms with Crippen molar-refractivity contribution in [1.29, 1.82) is 0 Å². The van der Waals surface area contributed by atoms with Crippen molar-refractivity contribution in [1.82, 2.24) is 19.4 Å². The Bertz CT molecular complexity index is 1340. The van der Waals surface area contributed by atoms with Crippen molar-refractivity contribution in [2.24, 2.45) is 5.41 Å². The molecule has 5 nitrogen and oxygen atoms in total. The summed E-state index contributed by atoms with van der Waals surface area (Å²) < 4.78 is 2.52. The number of fused-ring (bicyclic) bond motifs is 3. The van der Waals surface area contributed by atoms with E-state index >= 15 is 0 Å². The van der Waals surface area contributed by atoms with Crippen molar-refractivity contribution in [3.05, 3.63) is 64.9 Å². The lowest BCUT2D eigenvalue weighted by molar-refractivity contribution is -0.141. The van der Waals surface area contributed by atoms with Crippen LogP contribution in [0.25, 0.3) is 11.0 Å². The Labute approximate surface area is 238 Å². The topological polar surface area (TPSA) is 41.4 Å². The molecule has 4 heterocycles. The van der Waals surface area contributed by atoms with Crippen LogP contribution >= 0.6 is 11.6 Å². The minimum atomic E-state index is -0.335. The van der Waals surface area contributed by atoms with E-state index in [1.54, 1.807) is 0 Å². The van der Waals surface area contributed by atoms with Gasteiger partial charge in [0.2, 0.25) is 5.91 Å². The quantitative estimate of drug-likeness (QED) is 0.341. The number of likely N-dealkylation sites (tertiary alicyclic amines) is 1. The lowest BCUT2D eigenvalue weighted by atomic mass is 9.70. The molecule has 1 amide bonds. The number of benzene rings is 2. The molecule has 3 aliphatic rings. The van der Waals surface area contributed by atoms with Gasteiger partial charge in [-0.1, -0.05) is 56.6 Å². The molecule has 0 radical (unpaired) electrons. The number of nitrogens with zero attached hydrogens (tertiary/aromatic N) is 4. The van der Waals surface area contributed by atoms with Crippen LogP contribution < -0.4 is 0 Å². The van der Waals surface area contributed by atoms with Crippen molar-refractivity contribution in [2.75, 3.05) is 19.6 Å². The van der Waals surface area contributed by atoms with Gasteiger partial charge in [0.25, 0.3) is 0 Å². The second kappa shape index (κ2) is 10.2. The maximum absolute atomic E-state index is 13.0. The van der Waals surface area contributed by atoms with Crippen LogP contribution in [0.15, 0.2) is 48.5 Å². The van der Waals surface area contributed by atoms with E-state index in [1.807, 2.05) is 26.8 Å². The summed E-state index contributed by atoms with van der Waals surface area (Å²) in [6.07, 6.45) is 8.12. The number of rotatable bonds is 5. The largest absolute Gasteiger partial charge is 0.342 e. The maximum Gasteiger partial charge on any atom is 0.227 e. The fourth-order valence-corrected chi connectivity index (χ4v) is 8.09. The van der Waals surface area contributed by atoms with E-state index in [4.69, 9.17) is 16.6 Å². The molecule has 0 aliphatic carbocycles. The normalized spacial score (nSPS) is 25.4. The minimum Gasteiger partial charge on any atom is -0.342 e. The summed E-state index contributed by atoms with van der Waals surface area (Å²) in [5.41, 5.74) is 3.47. The number of carbonyl (C=O) groups is 1. The first-order chi connectivity index (χ1) is 18.6. The molecule has 3 atom stereocenters. The van der Waals surface area contributed by atoms with E-state index in [2.05, 4.69) is 63.8 Å². The third kappa shape index (κ3) is 5.02. The van der Waals surface area contributed by atoms with Gasteiger partial charge in [-0.25, -0.2) is 4.98 Å². The summed E-state index contributed by atoms with van der Waals surface area (Å²) in [5, 5.41) is 0.809. The van der Waals surface area contributed by atoms with E-state index < -0.39 is 0 Å². The zero-order valence-electron chi connectivity index (χ0n) is 24.0. The highest BCUT2D eigenvalue weighted by atomic mass is 35.5. The van der Waals surface area contributed by atoms with E-state index in [1.165, 1.54) is 36.8 Å². The molecule has 0 saturated carbocycles. The van der Waals surface area contributed by atoms with Crippen LogP contribution in [0.4, 0.5) is 0 Å². The van der Waals surface area contributed by atoms with Gasteiger partial charge >= 0.3 is 0 Å². The molecule has 6 rings (SSSR count). The number of imidazole rings is 1. The Morgan fingerprint density at radius 2 is 1.69 bits per heavy atom. The Hall–Kier alpha value is -2.37. The Morgan fingerprint density at radius 1 is 1.00 bits per heavy atom. The number of aryl methyl sites for hydroxylation is 1. The SMILES string of the molecule is Cc1nc2ccccc2n1[C@H]1C[C@H]2CC[C@@H](C1)N2CCC1(c2cccc(Cl)c2)CCN(C(=O)C(C)(C)C)CC1. The summed E-state index contributed by atoms with van der Waals surface area (Å²) >= 11 is 6.51. The summed E-state index contributed by atoms with van der Waals surface area (Å²) in [6, 6.07) is 18.9. The number of aromatic nitrogens is 2. The first-order valence-electron chi connectivity index (χ1n) is 14.9. The predicted molar refractivity (Wildman–Crippen MR) is 159 cm³/mol.